The van der Waals surface area contributed by atoms with E-state index in [-0.39, 0.29) is 0 Å². The van der Waals surface area contributed by atoms with Crippen LogP contribution in [-0.4, -0.2) is 20.6 Å². The van der Waals surface area contributed by atoms with Crippen molar-refractivity contribution in [2.45, 2.75) is 23.3 Å². The molecule has 0 radical (unpaired) electrons. The molecule has 1 heterocycles. The Bertz CT molecular complexity index is 903. The van der Waals surface area contributed by atoms with Crippen LogP contribution in [0.5, 0.6) is 0 Å². The van der Waals surface area contributed by atoms with Crippen molar-refractivity contribution in [1.82, 2.24) is 9.55 Å². The third-order valence-corrected chi connectivity index (χ3v) is 8.15. The molecule has 148 valence electrons. The summed E-state index contributed by atoms with van der Waals surface area (Å²) in [6.45, 7) is 0.903. The standard InChI is InChI=1S/C20H18Cl4N2S2/c21-17-3-1-14(7-19(17)23)10-27-12-16(9-26-6-5-25-13-26)28-11-15-2-4-18(22)20(24)8-15/h1-8,13,16H,9-12H2. The van der Waals surface area contributed by atoms with Gasteiger partial charge in [-0.2, -0.15) is 23.5 Å². The molecule has 0 saturated heterocycles. The van der Waals surface area contributed by atoms with E-state index in [1.54, 1.807) is 0 Å². The largest absolute Gasteiger partial charge is 0.336 e. The number of imidazole rings is 1. The van der Waals surface area contributed by atoms with Crippen LogP contribution < -0.4 is 0 Å². The van der Waals surface area contributed by atoms with E-state index in [2.05, 4.69) is 9.55 Å². The average molecular weight is 492 g/mol. The van der Waals surface area contributed by atoms with Crippen LogP contribution in [0.4, 0.5) is 0 Å². The van der Waals surface area contributed by atoms with Gasteiger partial charge in [-0.15, -0.1) is 0 Å². The Hall–Kier alpha value is -0.490. The lowest BCUT2D eigenvalue weighted by atomic mass is 10.2. The second kappa shape index (κ2) is 11.1. The minimum Gasteiger partial charge on any atom is -0.336 e. The average Bonchev–Trinajstić information content (AvgIpc) is 3.18. The minimum absolute atomic E-state index is 0.427. The van der Waals surface area contributed by atoms with Crippen LogP contribution >= 0.6 is 69.9 Å². The van der Waals surface area contributed by atoms with Gasteiger partial charge >= 0.3 is 0 Å². The van der Waals surface area contributed by atoms with Gasteiger partial charge in [0.15, 0.2) is 0 Å². The summed E-state index contributed by atoms with van der Waals surface area (Å²) >= 11 is 28.1. The van der Waals surface area contributed by atoms with Gasteiger partial charge in [0, 0.05) is 41.4 Å². The van der Waals surface area contributed by atoms with Crippen molar-refractivity contribution in [3.05, 3.63) is 86.3 Å². The first-order valence-corrected chi connectivity index (χ1v) is 12.3. The molecule has 1 atom stereocenters. The maximum atomic E-state index is 6.14. The Morgan fingerprint density at radius 3 is 2.07 bits per heavy atom. The molecule has 3 aromatic rings. The number of halogens is 4. The van der Waals surface area contributed by atoms with Crippen LogP contribution in [0.2, 0.25) is 20.1 Å². The molecule has 1 aromatic heterocycles. The quantitative estimate of drug-likeness (QED) is 0.305. The molecule has 0 N–H and O–H groups in total. The smallest absolute Gasteiger partial charge is 0.0946 e. The second-order valence-electron chi connectivity index (χ2n) is 6.20. The van der Waals surface area contributed by atoms with Gasteiger partial charge in [-0.3, -0.25) is 0 Å². The fourth-order valence-electron chi connectivity index (χ4n) is 2.56. The zero-order valence-corrected chi connectivity index (χ0v) is 19.5. The number of hydrogen-bond donors (Lipinski definition) is 0. The highest BCUT2D eigenvalue weighted by Gasteiger charge is 2.12. The summed E-state index contributed by atoms with van der Waals surface area (Å²) in [5.74, 6) is 2.78. The topological polar surface area (TPSA) is 17.8 Å². The van der Waals surface area contributed by atoms with Crippen LogP contribution in [0.25, 0.3) is 0 Å². The fourth-order valence-corrected chi connectivity index (χ4v) is 5.67. The molecule has 0 aliphatic rings. The van der Waals surface area contributed by atoms with E-state index in [4.69, 9.17) is 46.4 Å². The van der Waals surface area contributed by atoms with Gasteiger partial charge in [-0.1, -0.05) is 58.5 Å². The highest BCUT2D eigenvalue weighted by molar-refractivity contribution is 8.02. The molecule has 1 unspecified atom stereocenters. The van der Waals surface area contributed by atoms with Crippen molar-refractivity contribution < 1.29 is 0 Å². The van der Waals surface area contributed by atoms with E-state index in [1.165, 1.54) is 11.1 Å². The second-order valence-corrected chi connectivity index (χ2v) is 10.2. The predicted octanol–water partition coefficient (Wildman–Crippen LogP) is 7.73. The molecule has 0 bridgehead atoms. The number of nitrogens with zero attached hydrogens (tertiary/aromatic N) is 2. The summed E-state index contributed by atoms with van der Waals surface area (Å²) < 4.78 is 2.12. The highest BCUT2D eigenvalue weighted by Crippen LogP contribution is 2.29. The number of benzene rings is 2. The molecular formula is C20H18Cl4N2S2. The maximum absolute atomic E-state index is 6.14. The Morgan fingerprint density at radius 2 is 1.50 bits per heavy atom. The molecule has 0 aliphatic carbocycles. The first-order chi connectivity index (χ1) is 13.5. The fraction of sp³-hybridized carbons (Fsp3) is 0.250. The van der Waals surface area contributed by atoms with E-state index in [0.29, 0.717) is 25.3 Å². The summed E-state index contributed by atoms with van der Waals surface area (Å²) in [6, 6.07) is 11.6. The van der Waals surface area contributed by atoms with Gasteiger partial charge in [0.05, 0.1) is 26.4 Å². The molecule has 3 rings (SSSR count). The summed E-state index contributed by atoms with van der Waals surface area (Å²) in [4.78, 5) is 4.15. The molecule has 28 heavy (non-hydrogen) atoms. The summed E-state index contributed by atoms with van der Waals surface area (Å²) in [7, 11) is 0. The van der Waals surface area contributed by atoms with Gasteiger partial charge in [-0.25, -0.2) is 4.98 Å². The van der Waals surface area contributed by atoms with E-state index < -0.39 is 0 Å². The van der Waals surface area contributed by atoms with Gasteiger partial charge in [0.2, 0.25) is 0 Å². The number of thioether (sulfide) groups is 2. The summed E-state index contributed by atoms with van der Waals surface area (Å²) in [6.07, 6.45) is 5.66. The molecule has 2 nitrogen and oxygen atoms in total. The molecule has 0 spiro atoms. The molecule has 0 saturated carbocycles. The van der Waals surface area contributed by atoms with Crippen molar-refractivity contribution in [2.75, 3.05) is 5.75 Å². The van der Waals surface area contributed by atoms with Gasteiger partial charge in [-0.05, 0) is 35.4 Å². The van der Waals surface area contributed by atoms with Crippen LogP contribution in [-0.2, 0) is 18.1 Å². The lowest BCUT2D eigenvalue weighted by molar-refractivity contribution is 0.695. The normalized spacial score (nSPS) is 12.3. The molecular weight excluding hydrogens is 474 g/mol. The van der Waals surface area contributed by atoms with Crippen LogP contribution in [0, 0.1) is 0 Å². The molecule has 0 aliphatic heterocycles. The van der Waals surface area contributed by atoms with Crippen LogP contribution in [0.3, 0.4) is 0 Å². The van der Waals surface area contributed by atoms with Crippen molar-refractivity contribution in [3.8, 4) is 0 Å². The van der Waals surface area contributed by atoms with Crippen LogP contribution in [0.15, 0.2) is 55.1 Å². The van der Waals surface area contributed by atoms with E-state index in [0.717, 1.165) is 23.8 Å². The summed E-state index contributed by atoms with van der Waals surface area (Å²) in [5.41, 5.74) is 2.35. The molecule has 2 aromatic carbocycles. The highest BCUT2D eigenvalue weighted by atomic mass is 35.5. The number of hydrogen-bond acceptors (Lipinski definition) is 3. The molecule has 8 heteroatoms. The summed E-state index contributed by atoms with van der Waals surface area (Å²) in [5, 5.41) is 2.80. The maximum Gasteiger partial charge on any atom is 0.0946 e. The molecule has 0 fully saturated rings. The van der Waals surface area contributed by atoms with Crippen molar-refractivity contribution >= 4 is 69.9 Å². The number of aromatic nitrogens is 2. The third-order valence-electron chi connectivity index (χ3n) is 4.00. The predicted molar refractivity (Wildman–Crippen MR) is 126 cm³/mol. The van der Waals surface area contributed by atoms with Gasteiger partial charge in [0.25, 0.3) is 0 Å². The minimum atomic E-state index is 0.427. The first-order valence-electron chi connectivity index (χ1n) is 8.54. The molecule has 0 amide bonds. The zero-order chi connectivity index (χ0) is 19.9. The first kappa shape index (κ1) is 22.2. The van der Waals surface area contributed by atoms with Crippen molar-refractivity contribution in [1.29, 1.82) is 0 Å². The van der Waals surface area contributed by atoms with E-state index in [9.17, 15) is 0 Å². The van der Waals surface area contributed by atoms with E-state index in [1.807, 2.05) is 78.6 Å². The zero-order valence-electron chi connectivity index (χ0n) is 14.8. The monoisotopic (exact) mass is 490 g/mol. The third kappa shape index (κ3) is 6.79. The Morgan fingerprint density at radius 1 is 0.857 bits per heavy atom. The van der Waals surface area contributed by atoms with Gasteiger partial charge < -0.3 is 4.57 Å². The lowest BCUT2D eigenvalue weighted by Crippen LogP contribution is -2.15. The SMILES string of the molecule is Clc1ccc(CSCC(Cn2ccnc2)SCc2ccc(Cl)c(Cl)c2)cc1Cl. The van der Waals surface area contributed by atoms with Crippen LogP contribution in [0.1, 0.15) is 11.1 Å². The Labute approximate surface area is 193 Å². The number of rotatable bonds is 9. The van der Waals surface area contributed by atoms with E-state index >= 15 is 0 Å². The Kier molecular flexibility index (Phi) is 8.76. The Balaban J connectivity index is 1.57. The van der Waals surface area contributed by atoms with Crippen molar-refractivity contribution in [2.24, 2.45) is 0 Å². The lowest BCUT2D eigenvalue weighted by Gasteiger charge is -2.17. The van der Waals surface area contributed by atoms with Crippen molar-refractivity contribution in [3.63, 3.8) is 0 Å². The van der Waals surface area contributed by atoms with Gasteiger partial charge in [0.1, 0.15) is 0 Å².